The van der Waals surface area contributed by atoms with Crippen LogP contribution in [0.5, 0.6) is 0 Å². The van der Waals surface area contributed by atoms with Gasteiger partial charge in [0.25, 0.3) is 0 Å². The van der Waals surface area contributed by atoms with Gasteiger partial charge < -0.3 is 165 Å². The van der Waals surface area contributed by atoms with E-state index < -0.39 is 178 Å². The van der Waals surface area contributed by atoms with Crippen LogP contribution in [-0.2, 0) is 57.2 Å². The number of aliphatic hydroxyl groups is 7. The lowest BCUT2D eigenvalue weighted by Crippen LogP contribution is -2.70. The lowest BCUT2D eigenvalue weighted by Gasteiger charge is -2.49. The molecule has 546 valence electrons. The van der Waals surface area contributed by atoms with E-state index in [2.05, 4.69) is 61.9 Å². The van der Waals surface area contributed by atoms with Crippen molar-refractivity contribution in [2.45, 2.75) is 200 Å². The first-order chi connectivity index (χ1) is 45.5. The highest BCUT2D eigenvalue weighted by Crippen LogP contribution is 2.36. The van der Waals surface area contributed by atoms with E-state index in [-0.39, 0.29) is 152 Å². The van der Waals surface area contributed by atoms with Gasteiger partial charge in [-0.3, -0.25) is 58.7 Å². The summed E-state index contributed by atoms with van der Waals surface area (Å²) in [6.07, 6.45) is -28.4. The summed E-state index contributed by atoms with van der Waals surface area (Å²) in [6.45, 7) is -1.68. The number of nitrogens with zero attached hydrogens (tertiary/aromatic N) is 6. The third-order valence-corrected chi connectivity index (χ3v) is 15.2. The van der Waals surface area contributed by atoms with Crippen molar-refractivity contribution < 1.29 is 92.9 Å². The van der Waals surface area contributed by atoms with Gasteiger partial charge in [-0.15, -0.1) is 0 Å². The van der Waals surface area contributed by atoms with Crippen molar-refractivity contribution in [3.8, 4) is 0 Å². The van der Waals surface area contributed by atoms with Crippen LogP contribution in [0, 0.1) is 0 Å². The van der Waals surface area contributed by atoms with Crippen molar-refractivity contribution in [2.24, 2.45) is 98.8 Å². The summed E-state index contributed by atoms with van der Waals surface area (Å²) in [5.41, 5.74) is 65.4. The molecule has 37 N–H and O–H groups in total. The molecule has 3 heterocycles. The van der Waals surface area contributed by atoms with Gasteiger partial charge in [-0.25, -0.2) is 0 Å². The lowest BCUT2D eigenvalue weighted by molar-refractivity contribution is -0.311. The number of hydrogen-bond donors (Lipinski definition) is 25. The van der Waals surface area contributed by atoms with E-state index >= 15 is 0 Å². The quantitative estimate of drug-likeness (QED) is 0.0154. The summed E-state index contributed by atoms with van der Waals surface area (Å²) in [5, 5.41) is 98.4. The highest BCUT2D eigenvalue weighted by molar-refractivity contribution is 5.80. The van der Waals surface area contributed by atoms with Gasteiger partial charge in [0.15, 0.2) is 54.6 Å². The van der Waals surface area contributed by atoms with Gasteiger partial charge in [0.05, 0.1) is 18.7 Å². The summed E-state index contributed by atoms with van der Waals surface area (Å²) >= 11 is 0. The SMILES string of the molecule is NC(N)=NCCCC(=O)NC[C@@H]1O[C@H](O[C@@H]2[C@H](O)[C@@H](O[C@@H]3[C@@H](O)[C@H](NC(=O)CCCN=C(N)N)C[C@H](NC(=O)CCCN=C(N)N)[C@H]3O[C@H]3O[C@H](CNC(=O)CCCN=C(N)N)[C@@H](O)[C@H](O)[C@H]3NC(=O)CCCN=C(N)N)O[C@H]2CO)[C@H](NC(=O)CCCN=C(N)N)[C@@H](O)[C@@H]1O. The van der Waals surface area contributed by atoms with Gasteiger partial charge in [-0.1, -0.05) is 0 Å². The van der Waals surface area contributed by atoms with Crippen LogP contribution in [0.15, 0.2) is 30.0 Å². The molecule has 3 aliphatic heterocycles. The predicted octanol–water partition coefficient (Wildman–Crippen LogP) is -13.6. The van der Waals surface area contributed by atoms with Crippen molar-refractivity contribution in [1.82, 2.24) is 31.9 Å². The third-order valence-electron chi connectivity index (χ3n) is 15.2. The van der Waals surface area contributed by atoms with Gasteiger partial charge in [0.2, 0.25) is 35.4 Å². The van der Waals surface area contributed by atoms with Crippen LogP contribution in [-0.4, -0.2) is 282 Å². The molecule has 4 fully saturated rings. The molecule has 0 bridgehead atoms. The Balaban J connectivity index is 1.83. The van der Waals surface area contributed by atoms with Gasteiger partial charge in [0.1, 0.15) is 85.3 Å². The molecule has 43 nitrogen and oxygen atoms in total. The highest BCUT2D eigenvalue weighted by Gasteiger charge is 2.57. The minimum atomic E-state index is -2.09. The highest BCUT2D eigenvalue weighted by atomic mass is 16.8. The zero-order chi connectivity index (χ0) is 71.2. The Labute approximate surface area is 552 Å². The van der Waals surface area contributed by atoms with Crippen LogP contribution in [0.25, 0.3) is 0 Å². The molecule has 0 aromatic carbocycles. The number of nitrogens with two attached hydrogens (primary N) is 12. The number of guanidine groups is 6. The molecule has 0 aromatic rings. The Morgan fingerprint density at radius 3 is 1.00 bits per heavy atom. The molecule has 0 spiro atoms. The molecule has 43 heteroatoms. The second-order valence-electron chi connectivity index (χ2n) is 22.9. The maximum absolute atomic E-state index is 14.1. The maximum atomic E-state index is 14.1. The molecule has 4 aliphatic rings. The molecule has 19 atom stereocenters. The lowest BCUT2D eigenvalue weighted by atomic mass is 9.82. The molecule has 1 aliphatic carbocycles. The minimum Gasteiger partial charge on any atom is -0.394 e. The standard InChI is InChI=1S/C53H100N24O19/c54-48(55)66-13-1-7-28(79)72-20-25-37(86)39(88)34(76-32(83)11-5-17-70-52(62)63)45(91-25)94-42-24(75-31(82)10-4-16-69-51(60)61)19-23(74-30(81)9-3-15-68-50(58)59)36(85)44(42)96-47-41(90)43(27(22-78)93-47)95-46-35(77-33(84)12-6-18-71-53(64)65)40(89)38(87)26(92-46)21-73-29(80)8-2-14-67-49(56)57/h23-27,34-47,78,85-90H,1-22H2,(H,72,79)(H,73,80)(H,74,81)(H,75,82)(H,76,83)(H,77,84)(H4,54,55,66)(H4,56,57,67)(H4,58,59,68)(H4,60,61,69)(H4,62,63,70)(H4,64,65,71)/t23-,24+,25-,26+,27+,34-,35-,36+,37-,38-,39-,40-,41+,42-,43+,44-,45-,46-,47-/m1/s1. The van der Waals surface area contributed by atoms with E-state index in [1.807, 2.05) is 0 Å². The molecular formula is C53H100N24O19. The zero-order valence-electron chi connectivity index (χ0n) is 53.2. The number of hydrogen-bond acceptors (Lipinski definition) is 25. The second-order valence-corrected chi connectivity index (χ2v) is 22.9. The molecule has 1 saturated carbocycles. The van der Waals surface area contributed by atoms with E-state index in [9.17, 15) is 64.5 Å². The summed E-state index contributed by atoms with van der Waals surface area (Å²) < 4.78 is 38.1. The zero-order valence-corrected chi connectivity index (χ0v) is 53.2. The number of aliphatic imine (C=N–C) groups is 6. The molecule has 0 aromatic heterocycles. The number of ether oxygens (including phenoxy) is 6. The largest absolute Gasteiger partial charge is 0.394 e. The van der Waals surface area contributed by atoms with Crippen LogP contribution >= 0.6 is 0 Å². The van der Waals surface area contributed by atoms with Crippen molar-refractivity contribution in [3.63, 3.8) is 0 Å². The Hall–Kier alpha value is -8.08. The van der Waals surface area contributed by atoms with Gasteiger partial charge in [0, 0.05) is 90.9 Å². The van der Waals surface area contributed by atoms with E-state index in [1.165, 1.54) is 0 Å². The molecular weight excluding hydrogens is 1280 g/mol. The summed E-state index contributed by atoms with van der Waals surface area (Å²) in [6, 6.07) is -6.21. The van der Waals surface area contributed by atoms with E-state index in [1.54, 1.807) is 0 Å². The maximum Gasteiger partial charge on any atom is 0.220 e. The molecule has 3 saturated heterocycles. The molecule has 0 radical (unpaired) electrons. The monoisotopic (exact) mass is 1380 g/mol. The Morgan fingerprint density at radius 1 is 0.354 bits per heavy atom. The summed E-state index contributed by atoms with van der Waals surface area (Å²) in [4.78, 5) is 104. The normalized spacial score (nSPS) is 29.2. The van der Waals surface area contributed by atoms with Gasteiger partial charge >= 0.3 is 0 Å². The van der Waals surface area contributed by atoms with E-state index in [0.29, 0.717) is 0 Å². The van der Waals surface area contributed by atoms with E-state index in [0.717, 1.165) is 0 Å². The second kappa shape index (κ2) is 41.1. The first-order valence-corrected chi connectivity index (χ1v) is 31.1. The molecule has 6 amide bonds. The first-order valence-electron chi connectivity index (χ1n) is 31.1. The topological polar surface area (TPSA) is 758 Å². The predicted molar refractivity (Wildman–Crippen MR) is 342 cm³/mol. The Kier molecular flexibility index (Phi) is 34.4. The number of aliphatic hydroxyl groups excluding tert-OH is 7. The van der Waals surface area contributed by atoms with Gasteiger partial charge in [-0.2, -0.15) is 0 Å². The first kappa shape index (κ1) is 80.4. The average Bonchev–Trinajstić information content (AvgIpc) is 1.07. The number of carbonyl (C=O) groups excluding carboxylic acids is 6. The van der Waals surface area contributed by atoms with Crippen LogP contribution in [0.3, 0.4) is 0 Å². The fourth-order valence-corrected chi connectivity index (χ4v) is 10.5. The minimum absolute atomic E-state index is 0.00254. The van der Waals surface area contributed by atoms with Crippen LogP contribution in [0.1, 0.15) is 83.5 Å². The van der Waals surface area contributed by atoms with Crippen molar-refractivity contribution in [1.29, 1.82) is 0 Å². The number of nitrogens with one attached hydrogen (secondary N) is 6. The molecule has 4 rings (SSSR count). The summed E-state index contributed by atoms with van der Waals surface area (Å²) in [7, 11) is 0. The summed E-state index contributed by atoms with van der Waals surface area (Å²) in [5.74, 6) is -5.33. The van der Waals surface area contributed by atoms with Crippen LogP contribution < -0.4 is 101 Å². The Bertz CT molecular complexity index is 2660. The van der Waals surface area contributed by atoms with Gasteiger partial charge in [-0.05, 0) is 44.9 Å². The van der Waals surface area contributed by atoms with E-state index in [4.69, 9.17) is 97.2 Å². The van der Waals surface area contributed by atoms with Crippen LogP contribution in [0.4, 0.5) is 0 Å². The molecule has 96 heavy (non-hydrogen) atoms. The Morgan fingerprint density at radius 2 is 0.656 bits per heavy atom. The smallest absolute Gasteiger partial charge is 0.220 e. The molecule has 0 unspecified atom stereocenters. The number of amides is 6. The average molecular weight is 1380 g/mol. The third kappa shape index (κ3) is 27.6. The number of rotatable bonds is 39. The fourth-order valence-electron chi connectivity index (χ4n) is 10.5. The number of carbonyl (C=O) groups is 6. The van der Waals surface area contributed by atoms with Crippen molar-refractivity contribution in [3.05, 3.63) is 0 Å². The van der Waals surface area contributed by atoms with Crippen molar-refractivity contribution in [2.75, 3.05) is 59.0 Å². The van der Waals surface area contributed by atoms with Crippen molar-refractivity contribution >= 4 is 71.2 Å². The fraction of sp³-hybridized carbons (Fsp3) is 0.774. The van der Waals surface area contributed by atoms with Crippen LogP contribution in [0.2, 0.25) is 0 Å².